The Bertz CT molecular complexity index is 1010. The highest BCUT2D eigenvalue weighted by atomic mass is 16.2. The second-order valence-corrected chi connectivity index (χ2v) is 9.00. The quantitative estimate of drug-likeness (QED) is 0.0485. The maximum atomic E-state index is 13.3. The van der Waals surface area contributed by atoms with Crippen LogP contribution in [0.1, 0.15) is 36.8 Å². The number of benzene rings is 1. The first kappa shape index (κ1) is 31.8. The van der Waals surface area contributed by atoms with Gasteiger partial charge in [-0.15, -0.1) is 0 Å². The third kappa shape index (κ3) is 10.8. The molecular formula is C24H40N10O4. The Morgan fingerprint density at radius 2 is 1.50 bits per heavy atom. The summed E-state index contributed by atoms with van der Waals surface area (Å²) in [6.07, 6.45) is 1.22. The highest BCUT2D eigenvalue weighted by molar-refractivity contribution is 6.02. The van der Waals surface area contributed by atoms with E-state index in [0.717, 1.165) is 0 Å². The molecule has 0 spiro atoms. The molecule has 14 heteroatoms. The van der Waals surface area contributed by atoms with Crippen LogP contribution in [0.4, 0.5) is 0 Å². The van der Waals surface area contributed by atoms with Gasteiger partial charge in [0.2, 0.25) is 23.6 Å². The summed E-state index contributed by atoms with van der Waals surface area (Å²) < 4.78 is 0. The first-order valence-corrected chi connectivity index (χ1v) is 12.2. The van der Waals surface area contributed by atoms with Crippen LogP contribution in [0.2, 0.25) is 0 Å². The Labute approximate surface area is 222 Å². The molecule has 38 heavy (non-hydrogen) atoms. The molecule has 0 aliphatic rings. The van der Waals surface area contributed by atoms with E-state index in [1.807, 2.05) is 0 Å². The molecule has 0 fully saturated rings. The molecule has 1 aromatic carbocycles. The summed E-state index contributed by atoms with van der Waals surface area (Å²) in [5, 5.41) is 12.7. The molecule has 0 heterocycles. The third-order valence-electron chi connectivity index (χ3n) is 5.70. The summed E-state index contributed by atoms with van der Waals surface area (Å²) in [6.45, 7) is 0.511. The van der Waals surface area contributed by atoms with Crippen LogP contribution in [0.3, 0.4) is 0 Å². The number of nitrogen functional groups attached to an aromatic ring is 1. The lowest BCUT2D eigenvalue weighted by atomic mass is 9.95. The van der Waals surface area contributed by atoms with E-state index in [0.29, 0.717) is 24.0 Å². The molecule has 0 saturated heterocycles. The number of nitrogens with two attached hydrogens (primary N) is 5. The minimum absolute atomic E-state index is 0.0565. The number of amidine groups is 1. The summed E-state index contributed by atoms with van der Waals surface area (Å²) in [5.41, 5.74) is 28.3. The number of nitrogens with one attached hydrogen (secondary N) is 3. The number of carbonyl (C=O) groups is 4. The number of nitrogens with zero attached hydrogens (tertiary/aromatic N) is 2. The standard InChI is InChI=1S/C24H40N10O4/c1-34(2)23(38)16(13-14-7-9-15(10-8-14)19(26)27)21(36)33-18(5-3-11-25)22(37)32-17(20(28)35)6-4-12-31-24(29)30/h7-10,16-18H,3-6,11-13,25H2,1-2H3,(H3,26,27)(H2,28,35)(H,32,37)(H,33,36)(H4,29,30,31)/t16?,17-,18-/m0/s1. The van der Waals surface area contributed by atoms with Gasteiger partial charge in [-0.3, -0.25) is 29.6 Å². The summed E-state index contributed by atoms with van der Waals surface area (Å²) in [7, 11) is 3.06. The van der Waals surface area contributed by atoms with Gasteiger partial charge in [0.1, 0.15) is 23.8 Å². The van der Waals surface area contributed by atoms with E-state index in [2.05, 4.69) is 15.6 Å². The number of hydrogen-bond donors (Lipinski definition) is 8. The maximum absolute atomic E-state index is 13.3. The smallest absolute Gasteiger partial charge is 0.243 e. The molecule has 210 valence electrons. The Morgan fingerprint density at radius 3 is 2.00 bits per heavy atom. The van der Waals surface area contributed by atoms with Crippen molar-refractivity contribution in [2.45, 2.75) is 44.2 Å². The molecule has 0 bridgehead atoms. The van der Waals surface area contributed by atoms with Crippen LogP contribution in [0.5, 0.6) is 0 Å². The molecule has 1 aromatic rings. The maximum Gasteiger partial charge on any atom is 0.243 e. The van der Waals surface area contributed by atoms with Crippen LogP contribution in [0, 0.1) is 11.3 Å². The van der Waals surface area contributed by atoms with Gasteiger partial charge in [0.25, 0.3) is 0 Å². The van der Waals surface area contributed by atoms with Gasteiger partial charge in [-0.2, -0.15) is 0 Å². The molecule has 4 amide bonds. The molecule has 0 saturated carbocycles. The first-order chi connectivity index (χ1) is 17.9. The van der Waals surface area contributed by atoms with Crippen LogP contribution in [0.25, 0.3) is 0 Å². The monoisotopic (exact) mass is 532 g/mol. The fourth-order valence-electron chi connectivity index (χ4n) is 3.58. The van der Waals surface area contributed by atoms with Crippen LogP contribution in [-0.2, 0) is 25.6 Å². The van der Waals surface area contributed by atoms with Gasteiger partial charge in [0.15, 0.2) is 5.96 Å². The second-order valence-electron chi connectivity index (χ2n) is 9.00. The molecule has 1 rings (SSSR count). The van der Waals surface area contributed by atoms with Crippen LogP contribution < -0.4 is 39.3 Å². The topological polar surface area (TPSA) is 262 Å². The summed E-state index contributed by atoms with van der Waals surface area (Å²) >= 11 is 0. The van der Waals surface area contributed by atoms with Crippen molar-refractivity contribution in [2.24, 2.45) is 39.6 Å². The molecule has 0 aliphatic heterocycles. The summed E-state index contributed by atoms with van der Waals surface area (Å²) in [5.74, 6) is -3.81. The van der Waals surface area contributed by atoms with E-state index in [1.165, 1.54) is 19.0 Å². The molecular weight excluding hydrogens is 492 g/mol. The van der Waals surface area contributed by atoms with Crippen molar-refractivity contribution in [3.63, 3.8) is 0 Å². The molecule has 0 aromatic heterocycles. The van der Waals surface area contributed by atoms with Gasteiger partial charge in [0.05, 0.1) is 0 Å². The van der Waals surface area contributed by atoms with Crippen molar-refractivity contribution in [3.8, 4) is 0 Å². The molecule has 0 radical (unpaired) electrons. The first-order valence-electron chi connectivity index (χ1n) is 12.2. The molecule has 13 N–H and O–H groups in total. The van der Waals surface area contributed by atoms with Gasteiger partial charge in [0, 0.05) is 26.2 Å². The fraction of sp³-hybridized carbons (Fsp3) is 0.500. The molecule has 1 unspecified atom stereocenters. The van der Waals surface area contributed by atoms with Crippen molar-refractivity contribution in [2.75, 3.05) is 27.2 Å². The van der Waals surface area contributed by atoms with Gasteiger partial charge in [-0.1, -0.05) is 24.3 Å². The Balaban J connectivity index is 3.05. The van der Waals surface area contributed by atoms with Gasteiger partial charge >= 0.3 is 0 Å². The third-order valence-corrected chi connectivity index (χ3v) is 5.70. The number of guanidine groups is 1. The van der Waals surface area contributed by atoms with E-state index < -0.39 is 41.6 Å². The zero-order valence-corrected chi connectivity index (χ0v) is 21.9. The van der Waals surface area contributed by atoms with Gasteiger partial charge in [-0.25, -0.2) is 0 Å². The number of hydrogen-bond acceptors (Lipinski definition) is 7. The molecule has 0 aliphatic carbocycles. The SMILES string of the molecule is CN(C)C(=O)C(Cc1ccc(C(=N)N)cc1)C(=O)N[C@@H](CCCN)C(=O)N[C@@H](CCCN=C(N)N)C(N)=O. The number of amides is 4. The lowest BCUT2D eigenvalue weighted by Gasteiger charge is -2.25. The van der Waals surface area contributed by atoms with E-state index in [4.69, 9.17) is 34.1 Å². The Hall–Kier alpha value is -4.20. The van der Waals surface area contributed by atoms with E-state index in [1.54, 1.807) is 24.3 Å². The average Bonchev–Trinajstić information content (AvgIpc) is 2.85. The van der Waals surface area contributed by atoms with Crippen molar-refractivity contribution in [1.29, 1.82) is 5.41 Å². The average molecular weight is 533 g/mol. The number of rotatable bonds is 16. The van der Waals surface area contributed by atoms with E-state index in [-0.39, 0.29) is 44.1 Å². The zero-order chi connectivity index (χ0) is 28.8. The van der Waals surface area contributed by atoms with Crippen molar-refractivity contribution in [3.05, 3.63) is 35.4 Å². The van der Waals surface area contributed by atoms with Crippen molar-refractivity contribution < 1.29 is 19.2 Å². The Morgan fingerprint density at radius 1 is 0.921 bits per heavy atom. The van der Waals surface area contributed by atoms with Crippen molar-refractivity contribution >= 4 is 35.4 Å². The normalized spacial score (nSPS) is 12.9. The van der Waals surface area contributed by atoms with Gasteiger partial charge < -0.3 is 44.2 Å². The van der Waals surface area contributed by atoms with Crippen LogP contribution in [-0.4, -0.2) is 79.6 Å². The van der Waals surface area contributed by atoms with E-state index in [9.17, 15) is 19.2 Å². The largest absolute Gasteiger partial charge is 0.384 e. The van der Waals surface area contributed by atoms with Gasteiger partial charge in [-0.05, 0) is 44.2 Å². The second kappa shape index (κ2) is 15.8. The highest BCUT2D eigenvalue weighted by Gasteiger charge is 2.32. The number of carbonyl (C=O) groups excluding carboxylic acids is 4. The summed E-state index contributed by atoms with van der Waals surface area (Å²) in [4.78, 5) is 56.3. The predicted octanol–water partition coefficient (Wildman–Crippen LogP) is -2.54. The summed E-state index contributed by atoms with van der Waals surface area (Å²) in [6, 6.07) is 4.55. The highest BCUT2D eigenvalue weighted by Crippen LogP contribution is 2.14. The predicted molar refractivity (Wildman–Crippen MR) is 145 cm³/mol. The minimum atomic E-state index is -1.13. The lowest BCUT2D eigenvalue weighted by Crippen LogP contribution is -2.55. The molecule has 3 atom stereocenters. The zero-order valence-electron chi connectivity index (χ0n) is 21.9. The van der Waals surface area contributed by atoms with Crippen LogP contribution in [0.15, 0.2) is 29.3 Å². The number of aliphatic imine (C=N–C) groups is 1. The number of primary amides is 1. The minimum Gasteiger partial charge on any atom is -0.384 e. The van der Waals surface area contributed by atoms with Crippen LogP contribution >= 0.6 is 0 Å². The molecule has 14 nitrogen and oxygen atoms in total. The lowest BCUT2D eigenvalue weighted by molar-refractivity contribution is -0.142. The Kier molecular flexibility index (Phi) is 13.2. The van der Waals surface area contributed by atoms with E-state index >= 15 is 0 Å². The van der Waals surface area contributed by atoms with Crippen molar-refractivity contribution in [1.82, 2.24) is 15.5 Å². The fourth-order valence-corrected chi connectivity index (χ4v) is 3.58.